The Hall–Kier alpha value is -3.87. The lowest BCUT2D eigenvalue weighted by atomic mass is 10.1. The molecule has 2 aromatic rings. The molecular weight excluding hydrogens is 415 g/mol. The number of nitriles is 1. The molecule has 1 aromatic heterocycles. The van der Waals surface area contributed by atoms with Crippen molar-refractivity contribution in [3.63, 3.8) is 0 Å². The van der Waals surface area contributed by atoms with E-state index >= 15 is 0 Å². The summed E-state index contributed by atoms with van der Waals surface area (Å²) < 4.78 is 20.1. The van der Waals surface area contributed by atoms with Crippen LogP contribution >= 0.6 is 0 Å². The van der Waals surface area contributed by atoms with E-state index in [1.807, 2.05) is 12.1 Å². The molecule has 2 aliphatic rings. The Morgan fingerprint density at radius 1 is 1.28 bits per heavy atom. The summed E-state index contributed by atoms with van der Waals surface area (Å²) in [4.78, 5) is 32.8. The lowest BCUT2D eigenvalue weighted by Gasteiger charge is -2.32. The van der Waals surface area contributed by atoms with Gasteiger partial charge in [-0.2, -0.15) is 5.26 Å². The van der Waals surface area contributed by atoms with Crippen molar-refractivity contribution in [2.24, 2.45) is 0 Å². The first-order chi connectivity index (χ1) is 15.4. The number of pyridine rings is 1. The van der Waals surface area contributed by atoms with Crippen molar-refractivity contribution in [1.82, 2.24) is 15.2 Å². The van der Waals surface area contributed by atoms with Gasteiger partial charge in [-0.05, 0) is 30.3 Å². The first-order valence-corrected chi connectivity index (χ1v) is 10.3. The molecule has 0 aliphatic carbocycles. The third-order valence-electron chi connectivity index (χ3n) is 5.52. The smallest absolute Gasteiger partial charge is 0.414 e. The molecule has 9 nitrogen and oxygen atoms in total. The van der Waals surface area contributed by atoms with Crippen LogP contribution in [-0.4, -0.2) is 67.3 Å². The highest BCUT2D eigenvalue weighted by atomic mass is 19.1. The minimum Gasteiger partial charge on any atom is -0.442 e. The highest BCUT2D eigenvalue weighted by Crippen LogP contribution is 2.29. The fourth-order valence-corrected chi connectivity index (χ4v) is 3.77. The third-order valence-corrected chi connectivity index (χ3v) is 5.52. The van der Waals surface area contributed by atoms with Gasteiger partial charge in [0.2, 0.25) is 5.91 Å². The number of aromatic nitrogens is 1. The number of halogens is 1. The zero-order valence-corrected chi connectivity index (χ0v) is 17.6. The lowest BCUT2D eigenvalue weighted by Crippen LogP contribution is -2.44. The van der Waals surface area contributed by atoms with Gasteiger partial charge in [0.05, 0.1) is 18.8 Å². The van der Waals surface area contributed by atoms with Crippen molar-refractivity contribution in [3.05, 3.63) is 42.3 Å². The van der Waals surface area contributed by atoms with Crippen molar-refractivity contribution in [2.45, 2.75) is 13.0 Å². The molecule has 10 heteroatoms. The van der Waals surface area contributed by atoms with Crippen LogP contribution < -0.4 is 15.1 Å². The number of benzene rings is 1. The van der Waals surface area contributed by atoms with Crippen molar-refractivity contribution >= 4 is 23.5 Å². The van der Waals surface area contributed by atoms with Crippen LogP contribution in [0, 0.1) is 17.3 Å². The van der Waals surface area contributed by atoms with E-state index in [1.165, 1.54) is 17.9 Å². The Kier molecular flexibility index (Phi) is 6.07. The van der Waals surface area contributed by atoms with E-state index in [9.17, 15) is 14.0 Å². The summed E-state index contributed by atoms with van der Waals surface area (Å²) in [5.41, 5.74) is 1.40. The van der Waals surface area contributed by atoms with E-state index in [0.29, 0.717) is 43.0 Å². The average Bonchev–Trinajstić information content (AvgIpc) is 3.18. The highest BCUT2D eigenvalue weighted by molar-refractivity contribution is 5.90. The number of ether oxygens (including phenoxy) is 1. The maximum Gasteiger partial charge on any atom is 0.414 e. The number of amides is 2. The van der Waals surface area contributed by atoms with Crippen LogP contribution in [0.4, 0.5) is 20.7 Å². The second kappa shape index (κ2) is 9.09. The van der Waals surface area contributed by atoms with Gasteiger partial charge in [0.15, 0.2) is 6.19 Å². The van der Waals surface area contributed by atoms with E-state index < -0.39 is 18.0 Å². The SMILES string of the molecule is CC(=O)NC[C@H]1CN(c2ccc(-c3ccc(N4CCN(C#N)CC4)nc3)c(F)c2)C(=O)O1. The maximum absolute atomic E-state index is 14.9. The van der Waals surface area contributed by atoms with Gasteiger partial charge in [-0.3, -0.25) is 9.69 Å². The molecule has 0 bridgehead atoms. The monoisotopic (exact) mass is 438 g/mol. The molecule has 0 radical (unpaired) electrons. The normalized spacial score (nSPS) is 18.3. The summed E-state index contributed by atoms with van der Waals surface area (Å²) in [5, 5.41) is 11.6. The summed E-state index contributed by atoms with van der Waals surface area (Å²) in [5.74, 6) is 0.102. The van der Waals surface area contributed by atoms with Crippen LogP contribution in [-0.2, 0) is 9.53 Å². The van der Waals surface area contributed by atoms with Gasteiger partial charge in [-0.25, -0.2) is 14.2 Å². The molecule has 2 aliphatic heterocycles. The van der Waals surface area contributed by atoms with Crippen LogP contribution in [0.5, 0.6) is 0 Å². The fourth-order valence-electron chi connectivity index (χ4n) is 3.77. The third kappa shape index (κ3) is 4.56. The average molecular weight is 438 g/mol. The van der Waals surface area contributed by atoms with Gasteiger partial charge in [0.1, 0.15) is 17.7 Å². The van der Waals surface area contributed by atoms with Crippen LogP contribution in [0.15, 0.2) is 36.5 Å². The molecule has 32 heavy (non-hydrogen) atoms. The predicted octanol–water partition coefficient (Wildman–Crippen LogP) is 1.95. The van der Waals surface area contributed by atoms with Gasteiger partial charge in [-0.1, -0.05) is 0 Å². The van der Waals surface area contributed by atoms with Gasteiger partial charge >= 0.3 is 6.09 Å². The molecule has 1 aromatic carbocycles. The first-order valence-electron chi connectivity index (χ1n) is 10.3. The molecule has 2 saturated heterocycles. The van der Waals surface area contributed by atoms with Gasteiger partial charge in [0, 0.05) is 50.4 Å². The Bertz CT molecular complexity index is 1050. The second-order valence-electron chi connectivity index (χ2n) is 7.70. The number of piperazine rings is 1. The van der Waals surface area contributed by atoms with Crippen molar-refractivity contribution in [1.29, 1.82) is 5.26 Å². The number of nitrogens with zero attached hydrogens (tertiary/aromatic N) is 5. The number of rotatable bonds is 5. The predicted molar refractivity (Wildman–Crippen MR) is 115 cm³/mol. The number of cyclic esters (lactones) is 1. The molecular formula is C22H23FN6O3. The minimum atomic E-state index is -0.574. The summed E-state index contributed by atoms with van der Waals surface area (Å²) >= 11 is 0. The second-order valence-corrected chi connectivity index (χ2v) is 7.70. The molecule has 0 unspecified atom stereocenters. The Morgan fingerprint density at radius 3 is 2.69 bits per heavy atom. The fraction of sp³-hybridized carbons (Fsp3) is 0.364. The molecule has 166 valence electrons. The molecule has 0 spiro atoms. The zero-order chi connectivity index (χ0) is 22.7. The molecule has 1 atom stereocenters. The topological polar surface area (TPSA) is 102 Å². The summed E-state index contributed by atoms with van der Waals surface area (Å²) in [7, 11) is 0. The molecule has 3 heterocycles. The number of carbonyl (C=O) groups excluding carboxylic acids is 2. The van der Waals surface area contributed by atoms with Crippen LogP contribution in [0.2, 0.25) is 0 Å². The largest absolute Gasteiger partial charge is 0.442 e. The van der Waals surface area contributed by atoms with Gasteiger partial charge in [0.25, 0.3) is 0 Å². The summed E-state index contributed by atoms with van der Waals surface area (Å²) in [6, 6.07) is 8.23. The van der Waals surface area contributed by atoms with Crippen molar-refractivity contribution in [3.8, 4) is 17.3 Å². The lowest BCUT2D eigenvalue weighted by molar-refractivity contribution is -0.119. The Morgan fingerprint density at radius 2 is 2.06 bits per heavy atom. The van der Waals surface area contributed by atoms with Crippen molar-refractivity contribution in [2.75, 3.05) is 49.1 Å². The molecule has 2 fully saturated rings. The van der Waals surface area contributed by atoms with Crippen LogP contribution in [0.1, 0.15) is 6.92 Å². The first kappa shape index (κ1) is 21.4. The Balaban J connectivity index is 1.44. The number of hydrogen-bond donors (Lipinski definition) is 1. The van der Waals surface area contributed by atoms with E-state index in [-0.39, 0.29) is 19.0 Å². The molecule has 4 rings (SSSR count). The van der Waals surface area contributed by atoms with E-state index in [2.05, 4.69) is 21.4 Å². The number of nitrogens with one attached hydrogen (secondary N) is 1. The van der Waals surface area contributed by atoms with E-state index in [0.717, 1.165) is 5.82 Å². The molecule has 0 saturated carbocycles. The van der Waals surface area contributed by atoms with E-state index in [4.69, 9.17) is 10.00 Å². The van der Waals surface area contributed by atoms with Crippen LogP contribution in [0.3, 0.4) is 0 Å². The molecule has 1 N–H and O–H groups in total. The summed E-state index contributed by atoms with van der Waals surface area (Å²) in [6.45, 7) is 4.55. The Labute approximate surface area is 185 Å². The standard InChI is InChI=1S/C22H23FN6O3/c1-15(30)25-12-18-13-29(22(31)32-18)17-3-4-19(20(23)10-17)16-2-5-21(26-11-16)28-8-6-27(14-24)7-9-28/h2-5,10-11,18H,6-9,12-13H2,1H3,(H,25,30)/t18-/m0/s1. The maximum atomic E-state index is 14.9. The number of anilines is 2. The quantitative estimate of drug-likeness (QED) is 0.712. The van der Waals surface area contributed by atoms with E-state index in [1.54, 1.807) is 23.2 Å². The highest BCUT2D eigenvalue weighted by Gasteiger charge is 2.32. The summed E-state index contributed by atoms with van der Waals surface area (Å²) in [6.07, 6.45) is 2.71. The van der Waals surface area contributed by atoms with Gasteiger partial charge < -0.3 is 19.9 Å². The minimum absolute atomic E-state index is 0.209. The van der Waals surface area contributed by atoms with Gasteiger partial charge in [-0.15, -0.1) is 0 Å². The number of carbonyl (C=O) groups is 2. The van der Waals surface area contributed by atoms with Crippen molar-refractivity contribution < 1.29 is 18.7 Å². The number of hydrogen-bond acceptors (Lipinski definition) is 7. The van der Waals surface area contributed by atoms with Crippen LogP contribution in [0.25, 0.3) is 11.1 Å². The molecule has 2 amide bonds. The zero-order valence-electron chi connectivity index (χ0n) is 17.6.